The summed E-state index contributed by atoms with van der Waals surface area (Å²) in [6.07, 6.45) is 6.92. The third-order valence-corrected chi connectivity index (χ3v) is 3.87. The summed E-state index contributed by atoms with van der Waals surface area (Å²) < 4.78 is 0. The largest absolute Gasteiger partial charge is 0.126 e. The molecule has 1 aliphatic rings. The van der Waals surface area contributed by atoms with Crippen LogP contribution in [0.4, 0.5) is 0 Å². The first-order valence-corrected chi connectivity index (χ1v) is 5.31. The van der Waals surface area contributed by atoms with Crippen LogP contribution >= 0.6 is 11.6 Å². The molecule has 0 amide bonds. The van der Waals surface area contributed by atoms with Crippen LogP contribution in [0.1, 0.15) is 46.0 Å². The van der Waals surface area contributed by atoms with Gasteiger partial charge in [0.25, 0.3) is 0 Å². The fourth-order valence-corrected chi connectivity index (χ4v) is 2.70. The summed E-state index contributed by atoms with van der Waals surface area (Å²) in [7, 11) is 0. The summed E-state index contributed by atoms with van der Waals surface area (Å²) in [6.45, 7) is 4.63. The van der Waals surface area contributed by atoms with Gasteiger partial charge in [0, 0.05) is 5.88 Å². The molecule has 0 spiro atoms. The second-order valence-electron chi connectivity index (χ2n) is 4.21. The van der Waals surface area contributed by atoms with Crippen LogP contribution in [-0.4, -0.2) is 5.88 Å². The number of hydrogen-bond acceptors (Lipinski definition) is 0. The molecule has 0 aliphatic heterocycles. The fourth-order valence-electron chi connectivity index (χ4n) is 2.12. The summed E-state index contributed by atoms with van der Waals surface area (Å²) in [6, 6.07) is 0. The van der Waals surface area contributed by atoms with E-state index in [1.54, 1.807) is 0 Å². The predicted octanol–water partition coefficient (Wildman–Crippen LogP) is 3.83. The highest BCUT2D eigenvalue weighted by molar-refractivity contribution is 6.18. The molecule has 0 saturated heterocycles. The molecule has 0 bridgehead atoms. The molecule has 0 radical (unpaired) electrons. The molecule has 1 fully saturated rings. The Kier molecular flexibility index (Phi) is 3.24. The summed E-state index contributed by atoms with van der Waals surface area (Å²) in [4.78, 5) is 0. The average molecular weight is 175 g/mol. The maximum atomic E-state index is 6.03. The quantitative estimate of drug-likeness (QED) is 0.559. The SMILES string of the molecule is CC(C)C1(CCl)CCCCC1. The normalized spacial score (nSPS) is 24.0. The van der Waals surface area contributed by atoms with Gasteiger partial charge in [0.05, 0.1) is 0 Å². The summed E-state index contributed by atoms with van der Waals surface area (Å²) in [5, 5.41) is 0. The van der Waals surface area contributed by atoms with Crippen molar-refractivity contribution >= 4 is 11.6 Å². The molecule has 0 aromatic rings. The van der Waals surface area contributed by atoms with Gasteiger partial charge in [0.15, 0.2) is 0 Å². The van der Waals surface area contributed by atoms with Crippen molar-refractivity contribution in [1.29, 1.82) is 0 Å². The van der Waals surface area contributed by atoms with Crippen molar-refractivity contribution in [2.24, 2.45) is 11.3 Å². The highest BCUT2D eigenvalue weighted by Crippen LogP contribution is 2.43. The van der Waals surface area contributed by atoms with Gasteiger partial charge in [-0.05, 0) is 24.2 Å². The first kappa shape index (κ1) is 9.38. The average Bonchev–Trinajstić information content (AvgIpc) is 2.05. The van der Waals surface area contributed by atoms with E-state index >= 15 is 0 Å². The lowest BCUT2D eigenvalue weighted by atomic mass is 9.68. The van der Waals surface area contributed by atoms with Crippen molar-refractivity contribution in [2.75, 3.05) is 5.88 Å². The third kappa shape index (κ3) is 1.90. The second kappa shape index (κ2) is 3.80. The second-order valence-corrected chi connectivity index (χ2v) is 4.48. The zero-order chi connectivity index (χ0) is 8.32. The van der Waals surface area contributed by atoms with E-state index in [0.717, 1.165) is 11.8 Å². The molecule has 0 nitrogen and oxygen atoms in total. The Bertz CT molecular complexity index is 112. The molecular formula is C10H19Cl. The van der Waals surface area contributed by atoms with Gasteiger partial charge in [0.2, 0.25) is 0 Å². The molecule has 11 heavy (non-hydrogen) atoms. The first-order chi connectivity index (χ1) is 5.21. The highest BCUT2D eigenvalue weighted by atomic mass is 35.5. The van der Waals surface area contributed by atoms with Crippen molar-refractivity contribution in [2.45, 2.75) is 46.0 Å². The predicted molar refractivity (Wildman–Crippen MR) is 51.1 cm³/mol. The van der Waals surface area contributed by atoms with E-state index in [0.29, 0.717) is 5.41 Å². The smallest absolute Gasteiger partial charge is 0.0282 e. The number of halogens is 1. The molecule has 66 valence electrons. The molecule has 0 unspecified atom stereocenters. The van der Waals surface area contributed by atoms with E-state index < -0.39 is 0 Å². The zero-order valence-electron chi connectivity index (χ0n) is 7.70. The van der Waals surface area contributed by atoms with Gasteiger partial charge in [-0.1, -0.05) is 33.1 Å². The third-order valence-electron chi connectivity index (χ3n) is 3.34. The van der Waals surface area contributed by atoms with Crippen LogP contribution in [0.5, 0.6) is 0 Å². The Morgan fingerprint density at radius 3 is 2.00 bits per heavy atom. The molecule has 0 N–H and O–H groups in total. The van der Waals surface area contributed by atoms with Gasteiger partial charge in [-0.25, -0.2) is 0 Å². The first-order valence-electron chi connectivity index (χ1n) is 4.77. The van der Waals surface area contributed by atoms with Gasteiger partial charge >= 0.3 is 0 Å². The van der Waals surface area contributed by atoms with Crippen LogP contribution in [0.25, 0.3) is 0 Å². The van der Waals surface area contributed by atoms with Crippen LogP contribution < -0.4 is 0 Å². The lowest BCUT2D eigenvalue weighted by Crippen LogP contribution is -2.31. The maximum absolute atomic E-state index is 6.03. The minimum Gasteiger partial charge on any atom is -0.126 e. The Labute approximate surface area is 75.3 Å². The van der Waals surface area contributed by atoms with Crippen LogP contribution in [0.3, 0.4) is 0 Å². The Morgan fingerprint density at radius 1 is 1.18 bits per heavy atom. The number of rotatable bonds is 2. The Balaban J connectivity index is 2.57. The zero-order valence-corrected chi connectivity index (χ0v) is 8.45. The van der Waals surface area contributed by atoms with E-state index in [1.807, 2.05) is 0 Å². The van der Waals surface area contributed by atoms with Gasteiger partial charge < -0.3 is 0 Å². The van der Waals surface area contributed by atoms with Crippen LogP contribution in [0, 0.1) is 11.3 Å². The van der Waals surface area contributed by atoms with Gasteiger partial charge in [-0.3, -0.25) is 0 Å². The monoisotopic (exact) mass is 174 g/mol. The van der Waals surface area contributed by atoms with Gasteiger partial charge in [0.1, 0.15) is 0 Å². The van der Waals surface area contributed by atoms with Crippen molar-refractivity contribution in [1.82, 2.24) is 0 Å². The summed E-state index contributed by atoms with van der Waals surface area (Å²) in [5.41, 5.74) is 0.486. The topological polar surface area (TPSA) is 0 Å². The number of alkyl halides is 1. The lowest BCUT2D eigenvalue weighted by molar-refractivity contribution is 0.147. The molecule has 1 aliphatic carbocycles. The lowest BCUT2D eigenvalue weighted by Gasteiger charge is -2.39. The molecule has 0 atom stereocenters. The molecule has 0 aromatic carbocycles. The Hall–Kier alpha value is 0.290. The van der Waals surface area contributed by atoms with Crippen molar-refractivity contribution in [3.8, 4) is 0 Å². The minimum atomic E-state index is 0.486. The molecule has 0 aromatic heterocycles. The highest BCUT2D eigenvalue weighted by Gasteiger charge is 2.33. The molecular weight excluding hydrogens is 156 g/mol. The van der Waals surface area contributed by atoms with Crippen molar-refractivity contribution in [3.63, 3.8) is 0 Å². The summed E-state index contributed by atoms with van der Waals surface area (Å²) in [5.74, 6) is 1.63. The standard InChI is InChI=1S/C10H19Cl/c1-9(2)10(8-11)6-4-3-5-7-10/h9H,3-8H2,1-2H3. The van der Waals surface area contributed by atoms with E-state index in [1.165, 1.54) is 32.1 Å². The number of hydrogen-bond donors (Lipinski definition) is 0. The fraction of sp³-hybridized carbons (Fsp3) is 1.00. The van der Waals surface area contributed by atoms with E-state index in [-0.39, 0.29) is 0 Å². The van der Waals surface area contributed by atoms with Crippen LogP contribution in [0.15, 0.2) is 0 Å². The van der Waals surface area contributed by atoms with Gasteiger partial charge in [-0.2, -0.15) is 0 Å². The van der Waals surface area contributed by atoms with Gasteiger partial charge in [-0.15, -0.1) is 11.6 Å². The Morgan fingerprint density at radius 2 is 1.73 bits per heavy atom. The molecule has 1 saturated carbocycles. The van der Waals surface area contributed by atoms with Crippen LogP contribution in [-0.2, 0) is 0 Å². The minimum absolute atomic E-state index is 0.486. The van der Waals surface area contributed by atoms with E-state index in [2.05, 4.69) is 13.8 Å². The maximum Gasteiger partial charge on any atom is 0.0282 e. The summed E-state index contributed by atoms with van der Waals surface area (Å²) >= 11 is 6.03. The van der Waals surface area contributed by atoms with Crippen LogP contribution in [0.2, 0.25) is 0 Å². The van der Waals surface area contributed by atoms with E-state index in [9.17, 15) is 0 Å². The van der Waals surface area contributed by atoms with E-state index in [4.69, 9.17) is 11.6 Å². The molecule has 0 heterocycles. The van der Waals surface area contributed by atoms with Crippen molar-refractivity contribution < 1.29 is 0 Å². The molecule has 1 rings (SSSR count). The molecule has 1 heteroatoms. The van der Waals surface area contributed by atoms with Crippen molar-refractivity contribution in [3.05, 3.63) is 0 Å².